The molecule has 8 heteroatoms. The van der Waals surface area contributed by atoms with Crippen molar-refractivity contribution >= 4 is 34.8 Å². The molecule has 2 aromatic carbocycles. The first-order valence-electron chi connectivity index (χ1n) is 9.76. The van der Waals surface area contributed by atoms with Crippen molar-refractivity contribution in [2.24, 2.45) is 0 Å². The molecule has 0 radical (unpaired) electrons. The van der Waals surface area contributed by atoms with E-state index >= 15 is 0 Å². The Morgan fingerprint density at radius 3 is 2.47 bits per heavy atom. The number of hydrogen-bond acceptors (Lipinski definition) is 5. The van der Waals surface area contributed by atoms with Crippen molar-refractivity contribution in [1.29, 1.82) is 0 Å². The van der Waals surface area contributed by atoms with E-state index < -0.39 is 0 Å². The van der Waals surface area contributed by atoms with Crippen molar-refractivity contribution in [2.45, 2.75) is 19.8 Å². The highest BCUT2D eigenvalue weighted by atomic mass is 32.1. The van der Waals surface area contributed by atoms with Crippen LogP contribution >= 0.6 is 12.2 Å². The highest BCUT2D eigenvalue weighted by molar-refractivity contribution is 7.80. The van der Waals surface area contributed by atoms with Gasteiger partial charge in [0.2, 0.25) is 0 Å². The highest BCUT2D eigenvalue weighted by Gasteiger charge is 2.10. The van der Waals surface area contributed by atoms with Gasteiger partial charge < -0.3 is 20.1 Å². The number of benzene rings is 2. The molecule has 0 aliphatic heterocycles. The molecule has 160 valence electrons. The lowest BCUT2D eigenvalue weighted by molar-refractivity contribution is 0.0946. The van der Waals surface area contributed by atoms with E-state index in [1.807, 2.05) is 6.92 Å². The summed E-state index contributed by atoms with van der Waals surface area (Å²) in [5.41, 5.74) is 1.65. The van der Waals surface area contributed by atoms with Crippen molar-refractivity contribution in [2.75, 3.05) is 32.2 Å². The summed E-state index contributed by atoms with van der Waals surface area (Å²) in [5.74, 6) is 0.152. The van der Waals surface area contributed by atoms with E-state index in [4.69, 9.17) is 21.7 Å². The van der Waals surface area contributed by atoms with Gasteiger partial charge in [0, 0.05) is 37.1 Å². The van der Waals surface area contributed by atoms with Crippen molar-refractivity contribution in [3.63, 3.8) is 0 Å². The lowest BCUT2D eigenvalue weighted by Gasteiger charge is -2.11. The van der Waals surface area contributed by atoms with Gasteiger partial charge in [-0.25, -0.2) is 0 Å². The van der Waals surface area contributed by atoms with Gasteiger partial charge in [0.25, 0.3) is 11.8 Å². The molecule has 0 heterocycles. The van der Waals surface area contributed by atoms with Crippen LogP contribution < -0.4 is 20.7 Å². The first-order chi connectivity index (χ1) is 14.5. The van der Waals surface area contributed by atoms with Crippen LogP contribution in [0.3, 0.4) is 0 Å². The molecule has 0 atom stereocenters. The second-order valence-corrected chi connectivity index (χ2v) is 6.87. The summed E-state index contributed by atoms with van der Waals surface area (Å²) < 4.78 is 10.5. The Morgan fingerprint density at radius 2 is 1.77 bits per heavy atom. The molecule has 2 aromatic rings. The molecule has 30 heavy (non-hydrogen) atoms. The van der Waals surface area contributed by atoms with Gasteiger partial charge in [-0.15, -0.1) is 0 Å². The molecule has 0 aliphatic carbocycles. The van der Waals surface area contributed by atoms with E-state index in [1.54, 1.807) is 55.6 Å². The van der Waals surface area contributed by atoms with Crippen LogP contribution in [-0.4, -0.2) is 43.8 Å². The van der Waals surface area contributed by atoms with Gasteiger partial charge in [0.15, 0.2) is 5.11 Å². The van der Waals surface area contributed by atoms with Gasteiger partial charge in [0.1, 0.15) is 5.75 Å². The van der Waals surface area contributed by atoms with E-state index in [9.17, 15) is 9.59 Å². The first kappa shape index (κ1) is 23.3. The van der Waals surface area contributed by atoms with Crippen LogP contribution in [0.1, 0.15) is 40.5 Å². The number of rotatable bonds is 10. The zero-order chi connectivity index (χ0) is 21.8. The Kier molecular flexibility index (Phi) is 9.76. The fraction of sp³-hybridized carbons (Fsp3) is 0.318. The molecule has 2 amide bonds. The normalized spacial score (nSPS) is 10.2. The fourth-order valence-corrected chi connectivity index (χ4v) is 2.72. The first-order valence-corrected chi connectivity index (χ1v) is 10.2. The molecule has 0 aromatic heterocycles. The Labute approximate surface area is 182 Å². The van der Waals surface area contributed by atoms with Gasteiger partial charge >= 0.3 is 0 Å². The van der Waals surface area contributed by atoms with Crippen LogP contribution in [0.4, 0.5) is 5.69 Å². The van der Waals surface area contributed by atoms with E-state index in [1.165, 1.54) is 0 Å². The summed E-state index contributed by atoms with van der Waals surface area (Å²) in [6, 6.07) is 13.8. The number of amides is 2. The van der Waals surface area contributed by atoms with Crippen molar-refractivity contribution in [1.82, 2.24) is 10.6 Å². The Morgan fingerprint density at radius 1 is 1.00 bits per heavy atom. The molecule has 7 nitrogen and oxygen atoms in total. The molecular weight excluding hydrogens is 402 g/mol. The van der Waals surface area contributed by atoms with E-state index in [0.29, 0.717) is 42.3 Å². The average Bonchev–Trinajstić information content (AvgIpc) is 2.75. The summed E-state index contributed by atoms with van der Waals surface area (Å²) >= 11 is 5.22. The van der Waals surface area contributed by atoms with E-state index in [-0.39, 0.29) is 16.9 Å². The number of ether oxygens (including phenoxy) is 2. The molecular formula is C22H27N3O4S. The van der Waals surface area contributed by atoms with E-state index in [0.717, 1.165) is 12.8 Å². The molecule has 0 fully saturated rings. The topological polar surface area (TPSA) is 88.7 Å². The minimum atomic E-state index is -0.332. The minimum Gasteiger partial charge on any atom is -0.494 e. The number of thiocarbonyl (C=S) groups is 1. The van der Waals surface area contributed by atoms with Crippen LogP contribution in [0.5, 0.6) is 5.75 Å². The number of nitrogens with one attached hydrogen (secondary N) is 3. The van der Waals surface area contributed by atoms with Crippen LogP contribution in [-0.2, 0) is 4.74 Å². The minimum absolute atomic E-state index is 0.154. The molecule has 2 rings (SSSR count). The van der Waals surface area contributed by atoms with Crippen LogP contribution in [0.15, 0.2) is 48.5 Å². The summed E-state index contributed by atoms with van der Waals surface area (Å²) in [6.45, 7) is 3.75. The van der Waals surface area contributed by atoms with Crippen molar-refractivity contribution < 1.29 is 19.1 Å². The molecule has 0 saturated carbocycles. The second-order valence-electron chi connectivity index (χ2n) is 6.46. The van der Waals surface area contributed by atoms with Gasteiger partial charge in [0.05, 0.1) is 6.61 Å². The molecule has 0 spiro atoms. The molecule has 0 aliphatic rings. The Bertz CT molecular complexity index is 856. The number of carbonyl (C=O) groups is 2. The number of anilines is 1. The number of hydrogen-bond donors (Lipinski definition) is 3. The van der Waals surface area contributed by atoms with Crippen molar-refractivity contribution in [3.8, 4) is 5.75 Å². The highest BCUT2D eigenvalue weighted by Crippen LogP contribution is 2.14. The summed E-state index contributed by atoms with van der Waals surface area (Å²) in [5, 5.41) is 8.56. The van der Waals surface area contributed by atoms with Gasteiger partial charge in [-0.3, -0.25) is 14.9 Å². The third-order valence-electron chi connectivity index (χ3n) is 4.01. The predicted molar refractivity (Wildman–Crippen MR) is 121 cm³/mol. The van der Waals surface area contributed by atoms with Crippen LogP contribution in [0, 0.1) is 0 Å². The summed E-state index contributed by atoms with van der Waals surface area (Å²) in [6.07, 6.45) is 1.64. The van der Waals surface area contributed by atoms with Crippen molar-refractivity contribution in [3.05, 3.63) is 59.7 Å². The third kappa shape index (κ3) is 7.81. The maximum absolute atomic E-state index is 12.4. The van der Waals surface area contributed by atoms with Gasteiger partial charge in [-0.1, -0.05) is 13.0 Å². The summed E-state index contributed by atoms with van der Waals surface area (Å²) in [4.78, 5) is 24.5. The molecule has 0 saturated heterocycles. The summed E-state index contributed by atoms with van der Waals surface area (Å²) in [7, 11) is 1.62. The SMILES string of the molecule is CCCOc1cccc(C(=O)NC(=S)Nc2ccc(C(=O)NCCCOC)cc2)c1. The zero-order valence-electron chi connectivity index (χ0n) is 17.2. The monoisotopic (exact) mass is 429 g/mol. The third-order valence-corrected chi connectivity index (χ3v) is 4.22. The average molecular weight is 430 g/mol. The number of methoxy groups -OCH3 is 1. The quantitative estimate of drug-likeness (QED) is 0.396. The predicted octanol–water partition coefficient (Wildman–Crippen LogP) is 3.37. The second kappa shape index (κ2) is 12.6. The Balaban J connectivity index is 1.85. The smallest absolute Gasteiger partial charge is 0.257 e. The Hall–Kier alpha value is -2.97. The van der Waals surface area contributed by atoms with Gasteiger partial charge in [-0.05, 0) is 67.5 Å². The lowest BCUT2D eigenvalue weighted by Crippen LogP contribution is -2.34. The van der Waals surface area contributed by atoms with E-state index in [2.05, 4.69) is 16.0 Å². The number of carbonyl (C=O) groups excluding carboxylic acids is 2. The lowest BCUT2D eigenvalue weighted by atomic mass is 10.2. The maximum Gasteiger partial charge on any atom is 0.257 e. The molecule has 3 N–H and O–H groups in total. The largest absolute Gasteiger partial charge is 0.494 e. The fourth-order valence-electron chi connectivity index (χ4n) is 2.51. The maximum atomic E-state index is 12.4. The van der Waals surface area contributed by atoms with Crippen LogP contribution in [0.25, 0.3) is 0 Å². The molecule has 0 bridgehead atoms. The van der Waals surface area contributed by atoms with Gasteiger partial charge in [-0.2, -0.15) is 0 Å². The zero-order valence-corrected chi connectivity index (χ0v) is 18.0. The van der Waals surface area contributed by atoms with Crippen LogP contribution in [0.2, 0.25) is 0 Å². The molecule has 0 unspecified atom stereocenters. The standard InChI is InChI=1S/C22H27N3O4S/c1-3-13-29-19-7-4-6-17(15-19)21(27)25-22(30)24-18-10-8-16(9-11-18)20(26)23-12-5-14-28-2/h4,6-11,15H,3,5,12-14H2,1-2H3,(H,23,26)(H2,24,25,27,30).